The molecular weight excluding hydrogens is 184 g/mol. The number of esters is 2. The summed E-state index contributed by atoms with van der Waals surface area (Å²) in [5, 5.41) is 0. The molecule has 0 aliphatic carbocycles. The molecule has 14 heavy (non-hydrogen) atoms. The molecular formula is C10H14O4. The Balaban J connectivity index is 4.59. The monoisotopic (exact) mass is 198 g/mol. The summed E-state index contributed by atoms with van der Waals surface area (Å²) in [6, 6.07) is 0. The molecule has 0 aliphatic rings. The van der Waals surface area contributed by atoms with E-state index in [4.69, 9.17) is 0 Å². The Labute approximate surface area is 83.2 Å². The standard InChI is InChI=1S/C10H14O4/c1-4-7-8(9(11)13-5-2)10(12)14-6-3/h4,7H,1,5-6H2,2-3H3. The van der Waals surface area contributed by atoms with Crippen LogP contribution in [0.25, 0.3) is 0 Å². The number of hydrogen-bond acceptors (Lipinski definition) is 4. The molecule has 0 heterocycles. The van der Waals surface area contributed by atoms with Gasteiger partial charge in [0.1, 0.15) is 5.57 Å². The van der Waals surface area contributed by atoms with Gasteiger partial charge in [0, 0.05) is 0 Å². The first-order chi connectivity index (χ1) is 6.67. The predicted octanol–water partition coefficient (Wildman–Crippen LogP) is 1.22. The molecule has 0 saturated heterocycles. The molecule has 0 saturated carbocycles. The molecule has 0 aromatic rings. The van der Waals surface area contributed by atoms with Crippen molar-refractivity contribution in [1.29, 1.82) is 0 Å². The van der Waals surface area contributed by atoms with Crippen LogP contribution in [0.2, 0.25) is 0 Å². The summed E-state index contributed by atoms with van der Waals surface area (Å²) in [4.78, 5) is 22.4. The van der Waals surface area contributed by atoms with Gasteiger partial charge in [-0.2, -0.15) is 0 Å². The van der Waals surface area contributed by atoms with Gasteiger partial charge in [0.05, 0.1) is 13.2 Å². The zero-order chi connectivity index (χ0) is 11.0. The van der Waals surface area contributed by atoms with Crippen molar-refractivity contribution in [2.45, 2.75) is 13.8 Å². The van der Waals surface area contributed by atoms with Gasteiger partial charge in [0.15, 0.2) is 0 Å². The Kier molecular flexibility index (Phi) is 6.11. The van der Waals surface area contributed by atoms with E-state index in [9.17, 15) is 9.59 Å². The third kappa shape index (κ3) is 3.89. The molecule has 0 rings (SSSR count). The van der Waals surface area contributed by atoms with E-state index >= 15 is 0 Å². The average molecular weight is 198 g/mol. The normalized spacial score (nSPS) is 8.71. The third-order valence-corrected chi connectivity index (χ3v) is 1.28. The zero-order valence-corrected chi connectivity index (χ0v) is 8.41. The maximum atomic E-state index is 11.2. The highest BCUT2D eigenvalue weighted by Gasteiger charge is 2.19. The van der Waals surface area contributed by atoms with Crippen molar-refractivity contribution in [2.24, 2.45) is 0 Å². The van der Waals surface area contributed by atoms with Crippen LogP contribution in [-0.4, -0.2) is 25.2 Å². The SMILES string of the molecule is C=CC=C(C(=O)OCC)C(=O)OCC. The van der Waals surface area contributed by atoms with E-state index in [1.165, 1.54) is 12.2 Å². The second-order valence-electron chi connectivity index (χ2n) is 2.26. The summed E-state index contributed by atoms with van der Waals surface area (Å²) in [6.45, 7) is 7.15. The molecule has 0 fully saturated rings. The molecule has 0 unspecified atom stereocenters. The summed E-state index contributed by atoms with van der Waals surface area (Å²) >= 11 is 0. The minimum atomic E-state index is -0.689. The molecule has 0 aromatic carbocycles. The largest absolute Gasteiger partial charge is 0.462 e. The molecule has 0 bridgehead atoms. The van der Waals surface area contributed by atoms with E-state index in [-0.39, 0.29) is 18.8 Å². The second-order valence-corrected chi connectivity index (χ2v) is 2.26. The summed E-state index contributed by atoms with van der Waals surface area (Å²) in [6.07, 6.45) is 2.61. The maximum absolute atomic E-state index is 11.2. The number of allylic oxidation sites excluding steroid dienone is 2. The van der Waals surface area contributed by atoms with Crippen molar-refractivity contribution >= 4 is 11.9 Å². The highest BCUT2D eigenvalue weighted by atomic mass is 16.6. The third-order valence-electron chi connectivity index (χ3n) is 1.28. The zero-order valence-electron chi connectivity index (χ0n) is 8.41. The van der Waals surface area contributed by atoms with E-state index in [0.717, 1.165) is 0 Å². The van der Waals surface area contributed by atoms with Crippen LogP contribution in [0.5, 0.6) is 0 Å². The van der Waals surface area contributed by atoms with Gasteiger partial charge in [0.25, 0.3) is 0 Å². The molecule has 4 nitrogen and oxygen atoms in total. The van der Waals surface area contributed by atoms with Crippen molar-refractivity contribution in [1.82, 2.24) is 0 Å². The lowest BCUT2D eigenvalue weighted by Gasteiger charge is -2.05. The molecule has 0 N–H and O–H groups in total. The lowest BCUT2D eigenvalue weighted by atomic mass is 10.2. The Hall–Kier alpha value is -1.58. The lowest BCUT2D eigenvalue weighted by Crippen LogP contribution is -2.18. The molecule has 0 spiro atoms. The first-order valence-electron chi connectivity index (χ1n) is 4.34. The Bertz CT molecular complexity index is 233. The molecule has 0 aromatic heterocycles. The van der Waals surface area contributed by atoms with Gasteiger partial charge in [-0.15, -0.1) is 0 Å². The van der Waals surface area contributed by atoms with Crippen molar-refractivity contribution in [2.75, 3.05) is 13.2 Å². The minimum absolute atomic E-state index is 0.135. The van der Waals surface area contributed by atoms with Gasteiger partial charge in [-0.3, -0.25) is 0 Å². The average Bonchev–Trinajstić information content (AvgIpc) is 2.14. The van der Waals surface area contributed by atoms with Crippen LogP contribution in [0.3, 0.4) is 0 Å². The fourth-order valence-corrected chi connectivity index (χ4v) is 0.755. The van der Waals surface area contributed by atoms with E-state index in [1.54, 1.807) is 13.8 Å². The topological polar surface area (TPSA) is 52.6 Å². The number of carbonyl (C=O) groups excluding carboxylic acids is 2. The fraction of sp³-hybridized carbons (Fsp3) is 0.400. The smallest absolute Gasteiger partial charge is 0.345 e. The van der Waals surface area contributed by atoms with Crippen LogP contribution in [0.15, 0.2) is 24.3 Å². The summed E-state index contributed by atoms with van der Waals surface area (Å²) in [5.41, 5.74) is -0.135. The second kappa shape index (κ2) is 6.88. The summed E-state index contributed by atoms with van der Waals surface area (Å²) in [7, 11) is 0. The molecule has 0 radical (unpaired) electrons. The van der Waals surface area contributed by atoms with Crippen molar-refractivity contribution in [3.05, 3.63) is 24.3 Å². The molecule has 0 amide bonds. The fourth-order valence-electron chi connectivity index (χ4n) is 0.755. The Morgan fingerprint density at radius 3 is 1.86 bits per heavy atom. The van der Waals surface area contributed by atoms with Crippen LogP contribution in [0, 0.1) is 0 Å². The predicted molar refractivity (Wildman–Crippen MR) is 51.5 cm³/mol. The van der Waals surface area contributed by atoms with Crippen LogP contribution in [-0.2, 0) is 19.1 Å². The van der Waals surface area contributed by atoms with E-state index in [2.05, 4.69) is 16.1 Å². The minimum Gasteiger partial charge on any atom is -0.462 e. The summed E-state index contributed by atoms with van der Waals surface area (Å²) < 4.78 is 9.34. The highest BCUT2D eigenvalue weighted by molar-refractivity contribution is 6.14. The van der Waals surface area contributed by atoms with Gasteiger partial charge in [-0.05, 0) is 19.9 Å². The number of carbonyl (C=O) groups is 2. The Morgan fingerprint density at radius 2 is 1.57 bits per heavy atom. The van der Waals surface area contributed by atoms with Crippen molar-refractivity contribution in [3.63, 3.8) is 0 Å². The van der Waals surface area contributed by atoms with E-state index in [1.807, 2.05) is 0 Å². The molecule has 0 aliphatic heterocycles. The van der Waals surface area contributed by atoms with Crippen molar-refractivity contribution in [3.8, 4) is 0 Å². The van der Waals surface area contributed by atoms with Crippen LogP contribution in [0.1, 0.15) is 13.8 Å². The van der Waals surface area contributed by atoms with Gasteiger partial charge >= 0.3 is 11.9 Å². The first kappa shape index (κ1) is 12.4. The van der Waals surface area contributed by atoms with Gasteiger partial charge in [0.2, 0.25) is 0 Å². The maximum Gasteiger partial charge on any atom is 0.345 e. The van der Waals surface area contributed by atoms with Gasteiger partial charge < -0.3 is 9.47 Å². The number of hydrogen-bond donors (Lipinski definition) is 0. The molecule has 4 heteroatoms. The van der Waals surface area contributed by atoms with Gasteiger partial charge in [-0.25, -0.2) is 9.59 Å². The van der Waals surface area contributed by atoms with Gasteiger partial charge in [-0.1, -0.05) is 12.7 Å². The summed E-state index contributed by atoms with van der Waals surface area (Å²) in [5.74, 6) is -1.38. The molecule has 78 valence electrons. The van der Waals surface area contributed by atoms with Crippen LogP contribution < -0.4 is 0 Å². The van der Waals surface area contributed by atoms with E-state index in [0.29, 0.717) is 0 Å². The lowest BCUT2D eigenvalue weighted by molar-refractivity contribution is -0.146. The van der Waals surface area contributed by atoms with E-state index < -0.39 is 11.9 Å². The van der Waals surface area contributed by atoms with Crippen LogP contribution in [0.4, 0.5) is 0 Å². The van der Waals surface area contributed by atoms with Crippen molar-refractivity contribution < 1.29 is 19.1 Å². The molecule has 0 atom stereocenters. The highest BCUT2D eigenvalue weighted by Crippen LogP contribution is 2.02. The first-order valence-corrected chi connectivity index (χ1v) is 4.34. The number of ether oxygens (including phenoxy) is 2. The Morgan fingerprint density at radius 1 is 1.14 bits per heavy atom. The number of rotatable bonds is 5. The van der Waals surface area contributed by atoms with Crippen LogP contribution >= 0.6 is 0 Å². The quantitative estimate of drug-likeness (QED) is 0.219.